The minimum atomic E-state index is -0.732. The molecule has 1 aliphatic heterocycles. The predicted octanol–water partition coefficient (Wildman–Crippen LogP) is 1.97. The number of nitrogens with one attached hydrogen (secondary N) is 1. The van der Waals surface area contributed by atoms with Gasteiger partial charge in [-0.3, -0.25) is 10.2 Å². The summed E-state index contributed by atoms with van der Waals surface area (Å²) in [6, 6.07) is 5.76. The molecule has 1 aliphatic rings. The highest BCUT2D eigenvalue weighted by Crippen LogP contribution is 2.25. The first-order valence-corrected chi connectivity index (χ1v) is 6.97. The number of morpholine rings is 1. The molecule has 0 bridgehead atoms. The maximum Gasteiger partial charge on any atom is 0.130 e. The Morgan fingerprint density at radius 3 is 2.85 bits per heavy atom. The van der Waals surface area contributed by atoms with Crippen LogP contribution in [0.2, 0.25) is 5.02 Å². The van der Waals surface area contributed by atoms with Crippen LogP contribution in [0.5, 0.6) is 0 Å². The SMILES string of the molecule is N#CC(NCCN1CCOCC1)c1c(F)cccc1Cl. The molecule has 108 valence electrons. The van der Waals surface area contributed by atoms with Gasteiger partial charge in [0.05, 0.1) is 19.3 Å². The second-order valence-corrected chi connectivity index (χ2v) is 5.01. The minimum Gasteiger partial charge on any atom is -0.379 e. The van der Waals surface area contributed by atoms with Crippen LogP contribution in [-0.2, 0) is 4.74 Å². The first kappa shape index (κ1) is 15.2. The van der Waals surface area contributed by atoms with Crippen molar-refractivity contribution >= 4 is 11.6 Å². The third kappa shape index (κ3) is 3.90. The third-order valence-corrected chi connectivity index (χ3v) is 3.63. The van der Waals surface area contributed by atoms with Gasteiger partial charge in [0, 0.05) is 36.8 Å². The second-order valence-electron chi connectivity index (χ2n) is 4.61. The fraction of sp³-hybridized carbons (Fsp3) is 0.500. The van der Waals surface area contributed by atoms with Crippen LogP contribution in [0, 0.1) is 17.1 Å². The first-order valence-electron chi connectivity index (χ1n) is 6.59. The molecule has 1 heterocycles. The molecule has 1 atom stereocenters. The van der Waals surface area contributed by atoms with Crippen molar-refractivity contribution in [1.82, 2.24) is 10.2 Å². The van der Waals surface area contributed by atoms with E-state index < -0.39 is 11.9 Å². The van der Waals surface area contributed by atoms with Crippen LogP contribution in [0.25, 0.3) is 0 Å². The van der Waals surface area contributed by atoms with Crippen molar-refractivity contribution in [1.29, 1.82) is 5.26 Å². The number of hydrogen-bond donors (Lipinski definition) is 1. The molecule has 1 N–H and O–H groups in total. The van der Waals surface area contributed by atoms with E-state index in [-0.39, 0.29) is 10.6 Å². The largest absolute Gasteiger partial charge is 0.379 e. The van der Waals surface area contributed by atoms with Crippen LogP contribution in [0.15, 0.2) is 18.2 Å². The Balaban J connectivity index is 1.91. The summed E-state index contributed by atoms with van der Waals surface area (Å²) in [5, 5.41) is 12.5. The molecule has 0 saturated carbocycles. The first-order chi connectivity index (χ1) is 9.72. The lowest BCUT2D eigenvalue weighted by molar-refractivity contribution is 0.0383. The number of nitrogens with zero attached hydrogens (tertiary/aromatic N) is 2. The van der Waals surface area contributed by atoms with Crippen molar-refractivity contribution < 1.29 is 9.13 Å². The highest BCUT2D eigenvalue weighted by Gasteiger charge is 2.18. The molecule has 4 nitrogen and oxygen atoms in total. The summed E-state index contributed by atoms with van der Waals surface area (Å²) in [4.78, 5) is 2.24. The fourth-order valence-corrected chi connectivity index (χ4v) is 2.46. The van der Waals surface area contributed by atoms with Gasteiger partial charge in [-0.25, -0.2) is 4.39 Å². The Hall–Kier alpha value is -1.19. The molecular weight excluding hydrogens is 281 g/mol. The number of hydrogen-bond acceptors (Lipinski definition) is 4. The monoisotopic (exact) mass is 297 g/mol. The van der Waals surface area contributed by atoms with Crippen LogP contribution >= 0.6 is 11.6 Å². The van der Waals surface area contributed by atoms with Crippen molar-refractivity contribution in [2.24, 2.45) is 0 Å². The molecule has 0 spiro atoms. The third-order valence-electron chi connectivity index (χ3n) is 3.30. The normalized spacial score (nSPS) is 17.6. The lowest BCUT2D eigenvalue weighted by atomic mass is 10.1. The smallest absolute Gasteiger partial charge is 0.130 e. The van der Waals surface area contributed by atoms with Crippen molar-refractivity contribution in [3.63, 3.8) is 0 Å². The van der Waals surface area contributed by atoms with Gasteiger partial charge in [0.15, 0.2) is 0 Å². The van der Waals surface area contributed by atoms with E-state index in [1.165, 1.54) is 12.1 Å². The van der Waals surface area contributed by atoms with Gasteiger partial charge in [-0.15, -0.1) is 0 Å². The minimum absolute atomic E-state index is 0.221. The van der Waals surface area contributed by atoms with E-state index in [9.17, 15) is 9.65 Å². The summed E-state index contributed by atoms with van der Waals surface area (Å²) >= 11 is 5.97. The van der Waals surface area contributed by atoms with Gasteiger partial charge in [-0.1, -0.05) is 17.7 Å². The standard InChI is InChI=1S/C14H17ClFN3O/c15-11-2-1-3-12(16)14(11)13(10-17)18-4-5-19-6-8-20-9-7-19/h1-3,13,18H,4-9H2. The van der Waals surface area contributed by atoms with E-state index in [0.29, 0.717) is 6.54 Å². The summed E-state index contributed by atoms with van der Waals surface area (Å²) in [6.07, 6.45) is 0. The van der Waals surface area contributed by atoms with Gasteiger partial charge in [0.1, 0.15) is 11.9 Å². The van der Waals surface area contributed by atoms with E-state index in [4.69, 9.17) is 16.3 Å². The number of ether oxygens (including phenoxy) is 1. The average molecular weight is 298 g/mol. The topological polar surface area (TPSA) is 48.3 Å². The Labute approximate surface area is 123 Å². The quantitative estimate of drug-likeness (QED) is 0.903. The highest BCUT2D eigenvalue weighted by atomic mass is 35.5. The summed E-state index contributed by atoms with van der Waals surface area (Å²) in [7, 11) is 0. The Morgan fingerprint density at radius 2 is 2.20 bits per heavy atom. The molecule has 6 heteroatoms. The number of benzene rings is 1. The lowest BCUT2D eigenvalue weighted by Crippen LogP contribution is -2.40. The zero-order valence-electron chi connectivity index (χ0n) is 11.1. The Morgan fingerprint density at radius 1 is 1.45 bits per heavy atom. The summed E-state index contributed by atoms with van der Waals surface area (Å²) in [5.41, 5.74) is 0.221. The van der Waals surface area contributed by atoms with Gasteiger partial charge in [-0.05, 0) is 12.1 Å². The molecule has 1 unspecified atom stereocenters. The number of rotatable bonds is 5. The average Bonchev–Trinajstić information content (AvgIpc) is 2.46. The van der Waals surface area contributed by atoms with Gasteiger partial charge in [0.2, 0.25) is 0 Å². The van der Waals surface area contributed by atoms with Crippen LogP contribution in [0.3, 0.4) is 0 Å². The molecule has 1 fully saturated rings. The highest BCUT2D eigenvalue weighted by molar-refractivity contribution is 6.31. The molecule has 0 radical (unpaired) electrons. The van der Waals surface area contributed by atoms with Crippen LogP contribution in [0.4, 0.5) is 4.39 Å². The molecule has 0 aliphatic carbocycles. The van der Waals surface area contributed by atoms with Gasteiger partial charge < -0.3 is 4.74 Å². The van der Waals surface area contributed by atoms with Crippen LogP contribution in [-0.4, -0.2) is 44.3 Å². The van der Waals surface area contributed by atoms with Crippen molar-refractivity contribution in [2.45, 2.75) is 6.04 Å². The van der Waals surface area contributed by atoms with Gasteiger partial charge in [-0.2, -0.15) is 5.26 Å². The maximum atomic E-state index is 13.8. The zero-order valence-corrected chi connectivity index (χ0v) is 11.9. The lowest BCUT2D eigenvalue weighted by Gasteiger charge is -2.27. The molecule has 0 amide bonds. The van der Waals surface area contributed by atoms with Gasteiger partial charge in [0.25, 0.3) is 0 Å². The molecule has 1 aromatic rings. The zero-order chi connectivity index (χ0) is 14.4. The molecule has 1 saturated heterocycles. The molecule has 2 rings (SSSR count). The summed E-state index contributed by atoms with van der Waals surface area (Å²) in [5.74, 6) is -0.456. The Bertz CT molecular complexity index is 466. The van der Waals surface area contributed by atoms with Crippen molar-refractivity contribution in [2.75, 3.05) is 39.4 Å². The Kier molecular flexibility index (Phi) is 5.74. The molecule has 20 heavy (non-hydrogen) atoms. The summed E-state index contributed by atoms with van der Waals surface area (Å²) < 4.78 is 19.0. The molecular formula is C14H17ClFN3O. The van der Waals surface area contributed by atoms with Gasteiger partial charge >= 0.3 is 0 Å². The van der Waals surface area contributed by atoms with Crippen LogP contribution < -0.4 is 5.32 Å². The number of halogens is 2. The van der Waals surface area contributed by atoms with E-state index in [0.717, 1.165) is 32.8 Å². The fourth-order valence-electron chi connectivity index (χ4n) is 2.19. The van der Waals surface area contributed by atoms with E-state index in [2.05, 4.69) is 16.3 Å². The predicted molar refractivity (Wildman–Crippen MR) is 75.0 cm³/mol. The van der Waals surface area contributed by atoms with Crippen LogP contribution in [0.1, 0.15) is 11.6 Å². The van der Waals surface area contributed by atoms with E-state index >= 15 is 0 Å². The van der Waals surface area contributed by atoms with Crippen molar-refractivity contribution in [3.8, 4) is 6.07 Å². The molecule has 0 aromatic heterocycles. The number of nitriles is 1. The van der Waals surface area contributed by atoms with E-state index in [1.807, 2.05) is 0 Å². The second kappa shape index (κ2) is 7.55. The van der Waals surface area contributed by atoms with Crippen molar-refractivity contribution in [3.05, 3.63) is 34.6 Å². The summed E-state index contributed by atoms with van der Waals surface area (Å²) in [6.45, 7) is 4.65. The maximum absolute atomic E-state index is 13.8. The molecule has 1 aromatic carbocycles. The van der Waals surface area contributed by atoms with E-state index in [1.54, 1.807) is 6.07 Å².